The Bertz CT molecular complexity index is 1710. The number of esters is 1. The van der Waals surface area contributed by atoms with E-state index in [0.29, 0.717) is 26.4 Å². The van der Waals surface area contributed by atoms with E-state index in [-0.39, 0.29) is 12.2 Å². The van der Waals surface area contributed by atoms with Crippen LogP contribution in [0.5, 0.6) is 0 Å². The average Bonchev–Trinajstić information content (AvgIpc) is 3.48. The van der Waals surface area contributed by atoms with Crippen molar-refractivity contribution in [2.24, 2.45) is 4.99 Å². The SMILES string of the molecule is CCOC(=O)C1=C(C)N=c2s/c(=C\c3ccc(-c4ccc(I)cc4)o3)c(=O)n2[C@@H]1c1ccc(N(C)C)cc1. The number of rotatable bonds is 6. The second-order valence-electron chi connectivity index (χ2n) is 9.00. The second kappa shape index (κ2) is 10.7. The standard InChI is InChI=1S/C29H26IN3O4S/c1-5-36-28(35)25-17(2)31-29-33(26(25)19-8-12-21(13-9-19)32(3)4)27(34)24(38-29)16-22-14-15-23(37-22)18-6-10-20(30)11-7-18/h6-16,26H,5H2,1-4H3/b24-16-/t26-/m1/s1. The largest absolute Gasteiger partial charge is 0.463 e. The van der Waals surface area contributed by atoms with E-state index in [1.807, 2.05) is 79.7 Å². The number of fused-ring (bicyclic) bond motifs is 1. The van der Waals surface area contributed by atoms with Crippen molar-refractivity contribution >= 4 is 51.7 Å². The van der Waals surface area contributed by atoms with Gasteiger partial charge in [0.25, 0.3) is 5.56 Å². The van der Waals surface area contributed by atoms with E-state index in [2.05, 4.69) is 27.6 Å². The van der Waals surface area contributed by atoms with Crippen LogP contribution in [-0.4, -0.2) is 31.2 Å². The topological polar surface area (TPSA) is 77.0 Å². The Kier molecular flexibility index (Phi) is 7.40. The highest BCUT2D eigenvalue weighted by molar-refractivity contribution is 14.1. The van der Waals surface area contributed by atoms with Gasteiger partial charge in [-0.25, -0.2) is 9.79 Å². The van der Waals surface area contributed by atoms with Crippen LogP contribution >= 0.6 is 33.9 Å². The van der Waals surface area contributed by atoms with Crippen LogP contribution < -0.4 is 19.8 Å². The monoisotopic (exact) mass is 639 g/mol. The van der Waals surface area contributed by atoms with E-state index in [1.165, 1.54) is 11.3 Å². The van der Waals surface area contributed by atoms with Crippen molar-refractivity contribution in [1.82, 2.24) is 4.57 Å². The molecule has 5 rings (SSSR count). The highest BCUT2D eigenvalue weighted by atomic mass is 127. The van der Waals surface area contributed by atoms with Gasteiger partial charge in [0, 0.05) is 35.0 Å². The molecule has 0 saturated heterocycles. The molecule has 0 radical (unpaired) electrons. The fraction of sp³-hybridized carbons (Fsp3) is 0.207. The number of carbonyl (C=O) groups excluding carboxylic acids is 1. The molecule has 194 valence electrons. The van der Waals surface area contributed by atoms with Gasteiger partial charge in [-0.1, -0.05) is 35.6 Å². The number of ether oxygens (including phenoxy) is 1. The Morgan fingerprint density at radius 3 is 2.50 bits per heavy atom. The quantitative estimate of drug-likeness (QED) is 0.225. The van der Waals surface area contributed by atoms with Gasteiger partial charge < -0.3 is 14.1 Å². The number of hydrogen-bond donors (Lipinski definition) is 0. The minimum atomic E-state index is -0.650. The maximum absolute atomic E-state index is 13.8. The van der Waals surface area contributed by atoms with Crippen molar-refractivity contribution in [3.8, 4) is 11.3 Å². The number of hydrogen-bond acceptors (Lipinski definition) is 7. The Balaban J connectivity index is 1.62. The van der Waals surface area contributed by atoms with Gasteiger partial charge in [-0.3, -0.25) is 9.36 Å². The van der Waals surface area contributed by atoms with Gasteiger partial charge >= 0.3 is 5.97 Å². The summed E-state index contributed by atoms with van der Waals surface area (Å²) in [7, 11) is 3.93. The second-order valence-corrected chi connectivity index (χ2v) is 11.3. The fourth-order valence-electron chi connectivity index (χ4n) is 4.39. The van der Waals surface area contributed by atoms with E-state index in [4.69, 9.17) is 9.15 Å². The van der Waals surface area contributed by atoms with Crippen LogP contribution in [-0.2, 0) is 9.53 Å². The van der Waals surface area contributed by atoms with Crippen molar-refractivity contribution in [1.29, 1.82) is 0 Å². The van der Waals surface area contributed by atoms with Gasteiger partial charge in [-0.05, 0) is 78.4 Å². The predicted molar refractivity (Wildman–Crippen MR) is 158 cm³/mol. The minimum Gasteiger partial charge on any atom is -0.463 e. The lowest BCUT2D eigenvalue weighted by atomic mass is 9.95. The normalized spacial score (nSPS) is 15.3. The summed E-state index contributed by atoms with van der Waals surface area (Å²) in [6.45, 7) is 3.77. The number of carbonyl (C=O) groups is 1. The van der Waals surface area contributed by atoms with Gasteiger partial charge in [0.2, 0.25) is 0 Å². The molecule has 38 heavy (non-hydrogen) atoms. The van der Waals surface area contributed by atoms with Crippen LogP contribution in [0.3, 0.4) is 0 Å². The molecule has 0 unspecified atom stereocenters. The summed E-state index contributed by atoms with van der Waals surface area (Å²) in [6, 6.07) is 18.9. The van der Waals surface area contributed by atoms with Crippen LogP contribution in [0.4, 0.5) is 5.69 Å². The number of allylic oxidation sites excluding steroid dienone is 1. The zero-order valence-electron chi connectivity index (χ0n) is 21.4. The van der Waals surface area contributed by atoms with E-state index >= 15 is 0 Å². The Morgan fingerprint density at radius 2 is 1.84 bits per heavy atom. The van der Waals surface area contributed by atoms with E-state index in [0.717, 1.165) is 26.1 Å². The highest BCUT2D eigenvalue weighted by Gasteiger charge is 2.33. The molecule has 0 amide bonds. The first-order valence-electron chi connectivity index (χ1n) is 12.1. The molecule has 0 saturated carbocycles. The van der Waals surface area contributed by atoms with Crippen molar-refractivity contribution in [2.45, 2.75) is 19.9 Å². The molecule has 0 N–H and O–H groups in total. The first-order chi connectivity index (χ1) is 18.3. The first-order valence-corrected chi connectivity index (χ1v) is 14.0. The van der Waals surface area contributed by atoms with Gasteiger partial charge in [0.15, 0.2) is 4.80 Å². The molecule has 2 aromatic heterocycles. The summed E-state index contributed by atoms with van der Waals surface area (Å²) in [5.41, 5.74) is 3.44. The fourth-order valence-corrected chi connectivity index (χ4v) is 5.78. The summed E-state index contributed by atoms with van der Waals surface area (Å²) in [5, 5.41) is 0. The summed E-state index contributed by atoms with van der Waals surface area (Å²) >= 11 is 3.54. The molecule has 0 fully saturated rings. The van der Waals surface area contributed by atoms with E-state index in [1.54, 1.807) is 24.5 Å². The van der Waals surface area contributed by atoms with Crippen molar-refractivity contribution in [3.63, 3.8) is 0 Å². The number of thiazole rings is 1. The lowest BCUT2D eigenvalue weighted by Gasteiger charge is -2.25. The van der Waals surface area contributed by atoms with Gasteiger partial charge in [-0.2, -0.15) is 0 Å². The lowest BCUT2D eigenvalue weighted by Crippen LogP contribution is -2.39. The molecule has 4 aromatic rings. The molecule has 0 spiro atoms. The highest BCUT2D eigenvalue weighted by Crippen LogP contribution is 2.31. The summed E-state index contributed by atoms with van der Waals surface area (Å²) in [6.07, 6.45) is 1.73. The van der Waals surface area contributed by atoms with Crippen LogP contribution in [0.1, 0.15) is 31.2 Å². The van der Waals surface area contributed by atoms with E-state index < -0.39 is 12.0 Å². The zero-order valence-corrected chi connectivity index (χ0v) is 24.4. The number of benzene rings is 2. The number of halogens is 1. The van der Waals surface area contributed by atoms with E-state index in [9.17, 15) is 9.59 Å². The Labute approximate surface area is 237 Å². The molecule has 0 aliphatic carbocycles. The van der Waals surface area contributed by atoms with Gasteiger partial charge in [-0.15, -0.1) is 0 Å². The predicted octanol–water partition coefficient (Wildman–Crippen LogP) is 4.73. The molecule has 3 heterocycles. The third-order valence-corrected chi connectivity index (χ3v) is 7.97. The number of anilines is 1. The van der Waals surface area contributed by atoms with Crippen LogP contribution in [0.15, 0.2) is 86.1 Å². The van der Waals surface area contributed by atoms with Crippen LogP contribution in [0, 0.1) is 3.57 Å². The third kappa shape index (κ3) is 5.00. The van der Waals surface area contributed by atoms with Crippen molar-refractivity contribution in [2.75, 3.05) is 25.6 Å². The van der Waals surface area contributed by atoms with Crippen LogP contribution in [0.2, 0.25) is 0 Å². The molecule has 0 bridgehead atoms. The molecule has 7 nitrogen and oxygen atoms in total. The summed E-state index contributed by atoms with van der Waals surface area (Å²) < 4.78 is 14.6. The van der Waals surface area contributed by atoms with Gasteiger partial charge in [0.05, 0.1) is 28.5 Å². The number of furan rings is 1. The molecule has 1 aliphatic rings. The first kappa shape index (κ1) is 26.2. The van der Waals surface area contributed by atoms with Crippen LogP contribution in [0.25, 0.3) is 17.4 Å². The third-order valence-electron chi connectivity index (χ3n) is 6.27. The molecule has 2 aromatic carbocycles. The summed E-state index contributed by atoms with van der Waals surface area (Å²) in [5.74, 6) is 0.815. The average molecular weight is 640 g/mol. The Hall–Kier alpha value is -3.44. The maximum atomic E-state index is 13.8. The molecule has 9 heteroatoms. The minimum absolute atomic E-state index is 0.230. The summed E-state index contributed by atoms with van der Waals surface area (Å²) in [4.78, 5) is 34.0. The van der Waals surface area contributed by atoms with Crippen molar-refractivity contribution < 1.29 is 13.9 Å². The lowest BCUT2D eigenvalue weighted by molar-refractivity contribution is -0.139. The van der Waals surface area contributed by atoms with Crippen molar-refractivity contribution in [3.05, 3.63) is 107 Å². The number of nitrogens with zero attached hydrogens (tertiary/aromatic N) is 3. The molecular formula is C29H26IN3O4S. The smallest absolute Gasteiger partial charge is 0.338 e. The zero-order chi connectivity index (χ0) is 27.0. The molecular weight excluding hydrogens is 613 g/mol. The maximum Gasteiger partial charge on any atom is 0.338 e. The van der Waals surface area contributed by atoms with Gasteiger partial charge in [0.1, 0.15) is 11.5 Å². The number of aromatic nitrogens is 1. The Morgan fingerprint density at radius 1 is 1.13 bits per heavy atom. The molecule has 1 aliphatic heterocycles. The molecule has 1 atom stereocenters.